The maximum absolute atomic E-state index is 12.9. The zero-order valence-electron chi connectivity index (χ0n) is 16.4. The van der Waals surface area contributed by atoms with E-state index in [1.807, 2.05) is 24.3 Å². The Kier molecular flexibility index (Phi) is 11.5. The molecule has 8 heteroatoms. The maximum Gasteiger partial charge on any atom is 0.191 e. The minimum Gasteiger partial charge on any atom is -0.469 e. The summed E-state index contributed by atoms with van der Waals surface area (Å²) < 4.78 is 23.8. The van der Waals surface area contributed by atoms with Crippen molar-refractivity contribution in [2.75, 3.05) is 38.6 Å². The number of ether oxygens (including phenoxy) is 1. The second-order valence-electron chi connectivity index (χ2n) is 6.76. The Labute approximate surface area is 193 Å². The van der Waals surface area contributed by atoms with Crippen molar-refractivity contribution >= 4 is 41.7 Å². The second-order valence-corrected chi connectivity index (χ2v) is 7.93. The lowest BCUT2D eigenvalue weighted by Gasteiger charge is -2.13. The molecule has 1 aromatic heterocycles. The van der Waals surface area contributed by atoms with Crippen LogP contribution in [0.3, 0.4) is 0 Å². The lowest BCUT2D eigenvalue weighted by atomic mass is 10.1. The number of hydrogen-bond donors (Lipinski definition) is 2. The number of thioether (sulfide) groups is 1. The van der Waals surface area contributed by atoms with E-state index in [2.05, 4.69) is 10.6 Å². The number of halogens is 2. The summed E-state index contributed by atoms with van der Waals surface area (Å²) in [5.41, 5.74) is 0. The summed E-state index contributed by atoms with van der Waals surface area (Å²) in [4.78, 5) is 5.82. The van der Waals surface area contributed by atoms with Crippen LogP contribution in [0.15, 0.2) is 57.0 Å². The molecule has 0 spiro atoms. The van der Waals surface area contributed by atoms with Crippen molar-refractivity contribution < 1.29 is 13.5 Å². The van der Waals surface area contributed by atoms with Gasteiger partial charge in [-0.2, -0.15) is 0 Å². The predicted molar refractivity (Wildman–Crippen MR) is 127 cm³/mol. The number of hydrogen-bond acceptors (Lipinski definition) is 4. The van der Waals surface area contributed by atoms with Gasteiger partial charge in [-0.1, -0.05) is 0 Å². The molecule has 0 aliphatic carbocycles. The number of nitrogens with one attached hydrogen (secondary N) is 2. The van der Waals surface area contributed by atoms with Gasteiger partial charge in [0.1, 0.15) is 11.6 Å². The maximum atomic E-state index is 12.9. The predicted octanol–water partition coefficient (Wildman–Crippen LogP) is 4.33. The summed E-state index contributed by atoms with van der Waals surface area (Å²) >= 11 is 1.73. The third-order valence-corrected chi connectivity index (χ3v) is 5.57. The van der Waals surface area contributed by atoms with Gasteiger partial charge in [-0.05, 0) is 55.0 Å². The number of nitrogens with zero attached hydrogens (tertiary/aromatic N) is 1. The van der Waals surface area contributed by atoms with E-state index in [0.717, 1.165) is 74.5 Å². The fourth-order valence-electron chi connectivity index (χ4n) is 2.88. The van der Waals surface area contributed by atoms with E-state index in [1.165, 1.54) is 12.1 Å². The topological polar surface area (TPSA) is 58.8 Å². The molecule has 0 saturated carbocycles. The average Bonchev–Trinajstić information content (AvgIpc) is 3.41. The lowest BCUT2D eigenvalue weighted by molar-refractivity contribution is 0.187. The lowest BCUT2D eigenvalue weighted by Crippen LogP contribution is -2.39. The van der Waals surface area contributed by atoms with Crippen LogP contribution in [-0.4, -0.2) is 44.6 Å². The molecule has 1 saturated heterocycles. The third kappa shape index (κ3) is 9.39. The van der Waals surface area contributed by atoms with Gasteiger partial charge >= 0.3 is 0 Å². The Morgan fingerprint density at radius 2 is 2.00 bits per heavy atom. The first-order valence-electron chi connectivity index (χ1n) is 9.80. The van der Waals surface area contributed by atoms with Crippen molar-refractivity contribution in [1.82, 2.24) is 10.6 Å². The summed E-state index contributed by atoms with van der Waals surface area (Å²) in [6, 6.07) is 10.5. The van der Waals surface area contributed by atoms with E-state index in [1.54, 1.807) is 18.0 Å². The van der Waals surface area contributed by atoms with Crippen molar-refractivity contribution in [2.24, 2.45) is 10.9 Å². The van der Waals surface area contributed by atoms with Gasteiger partial charge in [-0.3, -0.25) is 4.99 Å². The fraction of sp³-hybridized carbons (Fsp3) is 0.476. The van der Waals surface area contributed by atoms with Crippen LogP contribution < -0.4 is 10.6 Å². The summed E-state index contributed by atoms with van der Waals surface area (Å²) in [6.07, 6.45) is 4.59. The smallest absolute Gasteiger partial charge is 0.191 e. The van der Waals surface area contributed by atoms with Crippen LogP contribution in [0.1, 0.15) is 18.6 Å². The number of aliphatic imine (C=N–C) groups is 1. The Balaban J connectivity index is 0.00000300. The van der Waals surface area contributed by atoms with Gasteiger partial charge in [0.15, 0.2) is 5.96 Å². The van der Waals surface area contributed by atoms with Gasteiger partial charge in [-0.15, -0.1) is 35.7 Å². The third-order valence-electron chi connectivity index (χ3n) is 4.47. The van der Waals surface area contributed by atoms with Crippen LogP contribution in [-0.2, 0) is 11.2 Å². The van der Waals surface area contributed by atoms with Crippen LogP contribution in [0.2, 0.25) is 0 Å². The molecule has 2 heterocycles. The van der Waals surface area contributed by atoms with E-state index in [9.17, 15) is 4.39 Å². The number of benzene rings is 1. The van der Waals surface area contributed by atoms with E-state index in [0.29, 0.717) is 5.92 Å². The van der Waals surface area contributed by atoms with Gasteiger partial charge in [0, 0.05) is 43.5 Å². The highest BCUT2D eigenvalue weighted by Crippen LogP contribution is 2.18. The first-order chi connectivity index (χ1) is 13.8. The van der Waals surface area contributed by atoms with Crippen LogP contribution in [0, 0.1) is 11.7 Å². The molecule has 29 heavy (non-hydrogen) atoms. The molecule has 160 valence electrons. The van der Waals surface area contributed by atoms with Crippen molar-refractivity contribution in [2.45, 2.75) is 24.2 Å². The molecule has 1 unspecified atom stereocenters. The molecule has 2 aromatic rings. The molecular weight excluding hydrogens is 504 g/mol. The van der Waals surface area contributed by atoms with Gasteiger partial charge in [-0.25, -0.2) is 4.39 Å². The normalized spacial score (nSPS) is 16.4. The highest BCUT2D eigenvalue weighted by molar-refractivity contribution is 14.0. The van der Waals surface area contributed by atoms with E-state index >= 15 is 0 Å². The fourth-order valence-corrected chi connectivity index (χ4v) is 3.73. The molecular formula is C21H29FIN3O2S. The summed E-state index contributed by atoms with van der Waals surface area (Å²) in [6.45, 7) is 4.03. The van der Waals surface area contributed by atoms with Crippen molar-refractivity contribution in [3.63, 3.8) is 0 Å². The van der Waals surface area contributed by atoms with Crippen molar-refractivity contribution in [3.8, 4) is 0 Å². The number of rotatable bonds is 10. The zero-order chi connectivity index (χ0) is 19.4. The van der Waals surface area contributed by atoms with Gasteiger partial charge < -0.3 is 19.8 Å². The molecule has 1 aliphatic heterocycles. The molecule has 2 N–H and O–H groups in total. The Hall–Kier alpha value is -1.26. The SMILES string of the molecule is Fc1ccc(SCCCNC(=NCC2CCOC2)NCCc2ccco2)cc1.I. The Morgan fingerprint density at radius 1 is 1.17 bits per heavy atom. The van der Waals surface area contributed by atoms with Crippen LogP contribution in [0.25, 0.3) is 0 Å². The molecule has 1 fully saturated rings. The molecule has 1 atom stereocenters. The van der Waals surface area contributed by atoms with Crippen molar-refractivity contribution in [3.05, 3.63) is 54.2 Å². The second kappa shape index (κ2) is 13.9. The quantitative estimate of drug-likeness (QED) is 0.157. The summed E-state index contributed by atoms with van der Waals surface area (Å²) in [5, 5.41) is 6.80. The van der Waals surface area contributed by atoms with Gasteiger partial charge in [0.05, 0.1) is 12.9 Å². The first-order valence-corrected chi connectivity index (χ1v) is 10.8. The van der Waals surface area contributed by atoms with Crippen molar-refractivity contribution in [1.29, 1.82) is 0 Å². The van der Waals surface area contributed by atoms with Gasteiger partial charge in [0.2, 0.25) is 0 Å². The summed E-state index contributed by atoms with van der Waals surface area (Å²) in [5.74, 6) is 3.09. The number of furan rings is 1. The molecule has 0 amide bonds. The highest BCUT2D eigenvalue weighted by Gasteiger charge is 2.15. The number of guanidine groups is 1. The molecule has 0 radical (unpaired) electrons. The monoisotopic (exact) mass is 533 g/mol. The minimum absolute atomic E-state index is 0. The van der Waals surface area contributed by atoms with Crippen LogP contribution in [0.4, 0.5) is 4.39 Å². The Morgan fingerprint density at radius 3 is 2.72 bits per heavy atom. The highest BCUT2D eigenvalue weighted by atomic mass is 127. The molecule has 5 nitrogen and oxygen atoms in total. The van der Waals surface area contributed by atoms with Crippen LogP contribution >= 0.6 is 35.7 Å². The average molecular weight is 533 g/mol. The standard InChI is InChI=1S/C21H28FN3O2S.HI/c22-18-4-6-20(7-5-18)28-14-2-10-23-21(25-15-17-9-13-26-16-17)24-11-8-19-3-1-12-27-19;/h1,3-7,12,17H,2,8-11,13-16H2,(H2,23,24,25);1H. The largest absolute Gasteiger partial charge is 0.469 e. The minimum atomic E-state index is -0.194. The molecule has 3 rings (SSSR count). The van der Waals surface area contributed by atoms with E-state index < -0.39 is 0 Å². The Bertz CT molecular complexity index is 707. The summed E-state index contributed by atoms with van der Waals surface area (Å²) in [7, 11) is 0. The first kappa shape index (κ1) is 24.0. The zero-order valence-corrected chi connectivity index (χ0v) is 19.6. The van der Waals surface area contributed by atoms with E-state index in [-0.39, 0.29) is 29.8 Å². The molecule has 0 bridgehead atoms. The molecule has 1 aromatic carbocycles. The van der Waals surface area contributed by atoms with Gasteiger partial charge in [0.25, 0.3) is 0 Å². The van der Waals surface area contributed by atoms with Crippen LogP contribution in [0.5, 0.6) is 0 Å². The molecule has 1 aliphatic rings. The van der Waals surface area contributed by atoms with E-state index in [4.69, 9.17) is 14.1 Å².